The van der Waals surface area contributed by atoms with Crippen LogP contribution in [0.4, 0.5) is 15.9 Å². The molecule has 32 heavy (non-hydrogen) atoms. The van der Waals surface area contributed by atoms with Crippen LogP contribution >= 0.6 is 0 Å². The first kappa shape index (κ1) is 23.3. The van der Waals surface area contributed by atoms with E-state index in [1.807, 2.05) is 38.7 Å². The zero-order chi connectivity index (χ0) is 23.4. The highest BCUT2D eigenvalue weighted by Crippen LogP contribution is 2.32. The summed E-state index contributed by atoms with van der Waals surface area (Å²) in [5.74, 6) is 0.230. The Morgan fingerprint density at radius 1 is 1.00 bits per heavy atom. The molecule has 0 atom stereocenters. The second-order valence-corrected chi connectivity index (χ2v) is 8.21. The van der Waals surface area contributed by atoms with Crippen molar-refractivity contribution >= 4 is 17.1 Å². The van der Waals surface area contributed by atoms with Crippen molar-refractivity contribution < 1.29 is 4.39 Å². The van der Waals surface area contributed by atoms with Gasteiger partial charge in [-0.15, -0.1) is 0 Å². The molecule has 0 radical (unpaired) electrons. The molecule has 2 aromatic carbocycles. The van der Waals surface area contributed by atoms with Crippen LogP contribution < -0.4 is 16.1 Å². The number of anilines is 2. The van der Waals surface area contributed by atoms with Gasteiger partial charge in [-0.1, -0.05) is 24.3 Å². The van der Waals surface area contributed by atoms with Crippen molar-refractivity contribution in [3.63, 3.8) is 0 Å². The molecular weight excluding hydrogens is 405 g/mol. The highest BCUT2D eigenvalue weighted by Gasteiger charge is 2.20. The van der Waals surface area contributed by atoms with Crippen LogP contribution in [0.15, 0.2) is 52.1 Å². The van der Waals surface area contributed by atoms with E-state index in [-0.39, 0.29) is 5.82 Å². The minimum Gasteiger partial charge on any atom is -0.327 e. The van der Waals surface area contributed by atoms with E-state index in [4.69, 9.17) is 0 Å². The van der Waals surface area contributed by atoms with Gasteiger partial charge in [0.2, 0.25) is 0 Å². The molecule has 0 saturated carbocycles. The Morgan fingerprint density at radius 3 is 2.31 bits per heavy atom. The fourth-order valence-electron chi connectivity index (χ4n) is 3.87. The molecule has 0 unspecified atom stereocenters. The summed E-state index contributed by atoms with van der Waals surface area (Å²) >= 11 is 0. The summed E-state index contributed by atoms with van der Waals surface area (Å²) in [7, 11) is 0. The second kappa shape index (κ2) is 9.81. The molecule has 1 aromatic heterocycles. The minimum atomic E-state index is -0.539. The third-order valence-electron chi connectivity index (χ3n) is 5.88. The van der Waals surface area contributed by atoms with Crippen LogP contribution in [-0.4, -0.2) is 16.5 Å². The van der Waals surface area contributed by atoms with Gasteiger partial charge in [0.25, 0.3) is 5.56 Å². The minimum absolute atomic E-state index is 0.256. The number of allylic oxidation sites excluding steroid dienone is 2. The summed E-state index contributed by atoms with van der Waals surface area (Å²) in [6.45, 7) is 10.4. The third-order valence-corrected chi connectivity index (χ3v) is 5.88. The summed E-state index contributed by atoms with van der Waals surface area (Å²) in [4.78, 5) is 32.2. The zero-order valence-corrected chi connectivity index (χ0v) is 19.3. The number of aromatic amines is 2. The number of nitrogens with zero attached hydrogens (tertiary/aromatic N) is 1. The average Bonchev–Trinajstić information content (AvgIpc) is 2.74. The topological polar surface area (TPSA) is 69.0 Å². The van der Waals surface area contributed by atoms with Gasteiger partial charge in [0, 0.05) is 12.2 Å². The fourth-order valence-corrected chi connectivity index (χ4v) is 3.87. The lowest BCUT2D eigenvalue weighted by Crippen LogP contribution is -2.32. The van der Waals surface area contributed by atoms with Crippen LogP contribution in [0, 0.1) is 26.6 Å². The number of aryl methyl sites for hydroxylation is 4. The van der Waals surface area contributed by atoms with Crippen LogP contribution in [-0.2, 0) is 6.42 Å². The van der Waals surface area contributed by atoms with E-state index >= 15 is 0 Å². The van der Waals surface area contributed by atoms with Crippen molar-refractivity contribution in [3.8, 4) is 0 Å². The highest BCUT2D eigenvalue weighted by molar-refractivity contribution is 5.77. The summed E-state index contributed by atoms with van der Waals surface area (Å²) in [5.41, 5.74) is 5.62. The van der Waals surface area contributed by atoms with Gasteiger partial charge in [0.1, 0.15) is 11.6 Å². The van der Waals surface area contributed by atoms with Crippen LogP contribution in [0.25, 0.3) is 5.57 Å². The van der Waals surface area contributed by atoms with Crippen molar-refractivity contribution in [3.05, 3.63) is 96.9 Å². The molecule has 1 heterocycles. The molecule has 168 valence electrons. The van der Waals surface area contributed by atoms with Gasteiger partial charge in [-0.05, 0) is 93.5 Å². The van der Waals surface area contributed by atoms with E-state index in [0.29, 0.717) is 17.9 Å². The van der Waals surface area contributed by atoms with Gasteiger partial charge < -0.3 is 4.90 Å². The fraction of sp³-hybridized carbons (Fsp3) is 0.308. The van der Waals surface area contributed by atoms with Crippen LogP contribution in [0.5, 0.6) is 0 Å². The molecule has 0 amide bonds. The molecule has 6 heteroatoms. The number of H-pyrrole nitrogens is 2. The van der Waals surface area contributed by atoms with Gasteiger partial charge in [-0.3, -0.25) is 14.8 Å². The molecule has 0 saturated heterocycles. The van der Waals surface area contributed by atoms with Crippen molar-refractivity contribution in [2.75, 3.05) is 11.4 Å². The number of benzene rings is 2. The first-order valence-electron chi connectivity index (χ1n) is 10.8. The molecule has 5 nitrogen and oxygen atoms in total. The van der Waals surface area contributed by atoms with E-state index in [2.05, 4.69) is 29.0 Å². The maximum absolute atomic E-state index is 13.2. The Balaban J connectivity index is 2.09. The van der Waals surface area contributed by atoms with E-state index < -0.39 is 11.2 Å². The number of hydrogen-bond donors (Lipinski definition) is 2. The molecule has 3 aromatic rings. The Labute approximate surface area is 187 Å². The number of hydrogen-bond acceptors (Lipinski definition) is 3. The third kappa shape index (κ3) is 5.07. The van der Waals surface area contributed by atoms with Crippen LogP contribution in [0.2, 0.25) is 0 Å². The monoisotopic (exact) mass is 435 g/mol. The molecule has 0 aliphatic carbocycles. The average molecular weight is 436 g/mol. The summed E-state index contributed by atoms with van der Waals surface area (Å²) in [5, 5.41) is 0. The Bertz CT molecular complexity index is 1250. The summed E-state index contributed by atoms with van der Waals surface area (Å²) in [6, 6.07) is 10.7. The van der Waals surface area contributed by atoms with Crippen LogP contribution in [0.3, 0.4) is 0 Å². The Hall–Kier alpha value is -3.41. The largest absolute Gasteiger partial charge is 0.327 e. The molecule has 0 fully saturated rings. The quantitative estimate of drug-likeness (QED) is 0.528. The second-order valence-electron chi connectivity index (χ2n) is 8.21. The lowest BCUT2D eigenvalue weighted by atomic mass is 10.0. The van der Waals surface area contributed by atoms with E-state index in [1.165, 1.54) is 17.7 Å². The van der Waals surface area contributed by atoms with E-state index in [9.17, 15) is 14.0 Å². The molecule has 0 bridgehead atoms. The number of rotatable bonds is 7. The predicted molar refractivity (Wildman–Crippen MR) is 129 cm³/mol. The number of nitrogens with one attached hydrogen (secondary N) is 2. The predicted octanol–water partition coefficient (Wildman–Crippen LogP) is 5.32. The van der Waals surface area contributed by atoms with Crippen LogP contribution in [0.1, 0.15) is 48.1 Å². The van der Waals surface area contributed by atoms with Gasteiger partial charge in [0.15, 0.2) is 0 Å². The van der Waals surface area contributed by atoms with Crippen molar-refractivity contribution in [2.24, 2.45) is 0 Å². The maximum atomic E-state index is 13.2. The lowest BCUT2D eigenvalue weighted by molar-refractivity contribution is 0.626. The Morgan fingerprint density at radius 2 is 1.66 bits per heavy atom. The Kier molecular flexibility index (Phi) is 7.13. The molecular formula is C26H30FN3O2. The number of aromatic nitrogens is 2. The van der Waals surface area contributed by atoms with Crippen molar-refractivity contribution in [1.29, 1.82) is 0 Å². The maximum Gasteiger partial charge on any atom is 0.327 e. The standard InChI is InChI=1S/C26H30FN3O2/c1-6-16(2)23-24(28-26(32)29-25(23)31)30(22-15-18(4)17(3)14-19(22)5)13-7-8-20-9-11-21(27)12-10-20/h6,9-12,14-15H,7-8,13H2,1-5H3,(H2,28,29,31,32). The van der Waals surface area contributed by atoms with Gasteiger partial charge >= 0.3 is 5.69 Å². The molecule has 2 N–H and O–H groups in total. The molecule has 3 rings (SSSR count). The zero-order valence-electron chi connectivity index (χ0n) is 19.3. The SMILES string of the molecule is CC=C(C)c1c(N(CCCc2ccc(F)cc2)c2cc(C)c(C)cc2C)[nH]c(=O)[nH]c1=O. The van der Waals surface area contributed by atoms with Gasteiger partial charge in [-0.25, -0.2) is 9.18 Å². The van der Waals surface area contributed by atoms with Gasteiger partial charge in [0.05, 0.1) is 5.56 Å². The van der Waals surface area contributed by atoms with E-state index in [1.54, 1.807) is 12.1 Å². The smallest absolute Gasteiger partial charge is 0.327 e. The normalized spacial score (nSPS) is 11.6. The van der Waals surface area contributed by atoms with Gasteiger partial charge in [-0.2, -0.15) is 0 Å². The summed E-state index contributed by atoms with van der Waals surface area (Å²) in [6.07, 6.45) is 3.35. The molecule has 0 aliphatic heterocycles. The first-order chi connectivity index (χ1) is 15.2. The van der Waals surface area contributed by atoms with E-state index in [0.717, 1.165) is 40.8 Å². The number of halogens is 1. The van der Waals surface area contributed by atoms with Crippen molar-refractivity contribution in [2.45, 2.75) is 47.5 Å². The lowest BCUT2D eigenvalue weighted by Gasteiger charge is -2.28. The van der Waals surface area contributed by atoms with Crippen molar-refractivity contribution in [1.82, 2.24) is 9.97 Å². The first-order valence-corrected chi connectivity index (χ1v) is 10.8. The molecule has 0 aliphatic rings. The molecule has 0 spiro atoms. The summed E-state index contributed by atoms with van der Waals surface area (Å²) < 4.78 is 13.2. The highest BCUT2D eigenvalue weighted by atomic mass is 19.1.